The van der Waals surface area contributed by atoms with Gasteiger partial charge in [-0.15, -0.1) is 0 Å². The van der Waals surface area contributed by atoms with Crippen molar-refractivity contribution in [3.8, 4) is 5.75 Å². The van der Waals surface area contributed by atoms with Gasteiger partial charge < -0.3 is 29.7 Å². The maximum atomic E-state index is 14.4. The van der Waals surface area contributed by atoms with E-state index in [0.717, 1.165) is 38.5 Å². The summed E-state index contributed by atoms with van der Waals surface area (Å²) in [5, 5.41) is 13.8. The van der Waals surface area contributed by atoms with Gasteiger partial charge in [0.25, 0.3) is 15.9 Å². The second-order valence-corrected chi connectivity index (χ2v) is 15.4. The van der Waals surface area contributed by atoms with Crippen molar-refractivity contribution < 1.29 is 32.6 Å². The predicted molar refractivity (Wildman–Crippen MR) is 187 cm³/mol. The number of hydrogen-bond acceptors (Lipinski definition) is 7. The van der Waals surface area contributed by atoms with E-state index in [1.165, 1.54) is 36.8 Å². The molecule has 266 valence electrons. The number of benzene rings is 2. The van der Waals surface area contributed by atoms with Crippen LogP contribution >= 0.6 is 11.6 Å². The Morgan fingerprint density at radius 3 is 2.44 bits per heavy atom. The SMILES string of the molecule is C[C@@H]1CCCCO[C@H](CN(C)C(=O)NC2CCCCC2)[C@H](C)CN([C@H](C)CO)C(=O)c2cc(NS(=O)(=O)c3ccc(Cl)cc3)ccc2O1. The number of hydrogen-bond donors (Lipinski definition) is 3. The molecule has 13 heteroatoms. The van der Waals surface area contributed by atoms with Crippen molar-refractivity contribution in [1.29, 1.82) is 0 Å². The summed E-state index contributed by atoms with van der Waals surface area (Å²) < 4.78 is 41.6. The van der Waals surface area contributed by atoms with Gasteiger partial charge in [-0.2, -0.15) is 0 Å². The number of sulfonamides is 1. The van der Waals surface area contributed by atoms with Crippen LogP contribution in [-0.4, -0.2) is 92.9 Å². The van der Waals surface area contributed by atoms with Gasteiger partial charge >= 0.3 is 6.03 Å². The molecule has 2 aromatic rings. The predicted octanol–water partition coefficient (Wildman–Crippen LogP) is 5.91. The molecule has 4 atom stereocenters. The van der Waals surface area contributed by atoms with E-state index < -0.39 is 22.0 Å². The molecule has 3 N–H and O–H groups in total. The normalized spacial score (nSPS) is 22.5. The smallest absolute Gasteiger partial charge is 0.317 e. The summed E-state index contributed by atoms with van der Waals surface area (Å²) in [4.78, 5) is 30.7. The topological polar surface area (TPSA) is 138 Å². The number of nitrogens with one attached hydrogen (secondary N) is 2. The highest BCUT2D eigenvalue weighted by Crippen LogP contribution is 2.30. The molecule has 0 saturated heterocycles. The van der Waals surface area contributed by atoms with Crippen molar-refractivity contribution in [3.63, 3.8) is 0 Å². The molecule has 2 aliphatic rings. The number of ether oxygens (including phenoxy) is 2. The zero-order chi connectivity index (χ0) is 34.8. The van der Waals surface area contributed by atoms with Crippen molar-refractivity contribution in [3.05, 3.63) is 53.1 Å². The number of nitrogens with zero attached hydrogens (tertiary/aromatic N) is 2. The lowest BCUT2D eigenvalue weighted by Crippen LogP contribution is -2.50. The first-order valence-corrected chi connectivity index (χ1v) is 18.9. The number of halogens is 1. The standard InChI is InChI=1S/C35H51ClN4O7S/c1-24-21-40(25(2)23-41)34(42)31-20-29(38-48(44,45)30-16-13-27(36)14-17-30)15-18-32(31)47-26(3)10-8-9-19-46-33(24)22-39(4)35(43)37-28-11-6-5-7-12-28/h13-18,20,24-26,28,33,38,41H,5-12,19,21-23H2,1-4H3,(H,37,43)/t24-,25-,26-,33-/m1/s1. The average molecular weight is 707 g/mol. The maximum absolute atomic E-state index is 14.4. The molecule has 1 aliphatic heterocycles. The third kappa shape index (κ3) is 10.5. The van der Waals surface area contributed by atoms with Crippen LogP contribution in [0.5, 0.6) is 5.75 Å². The Balaban J connectivity index is 1.61. The Hall–Kier alpha value is -3.06. The minimum absolute atomic E-state index is 0.0240. The van der Waals surface area contributed by atoms with Crippen LogP contribution in [0.2, 0.25) is 5.02 Å². The fraction of sp³-hybridized carbons (Fsp3) is 0.600. The van der Waals surface area contributed by atoms with Crippen LogP contribution in [0.25, 0.3) is 0 Å². The number of aliphatic hydroxyl groups excluding tert-OH is 1. The van der Waals surface area contributed by atoms with Crippen LogP contribution in [0.3, 0.4) is 0 Å². The fourth-order valence-electron chi connectivity index (χ4n) is 6.16. The van der Waals surface area contributed by atoms with Gasteiger partial charge in [-0.3, -0.25) is 9.52 Å². The van der Waals surface area contributed by atoms with Crippen LogP contribution < -0.4 is 14.8 Å². The van der Waals surface area contributed by atoms with Crippen LogP contribution in [0, 0.1) is 5.92 Å². The summed E-state index contributed by atoms with van der Waals surface area (Å²) in [5.41, 5.74) is 0.357. The molecule has 0 aromatic heterocycles. The molecular formula is C35H51ClN4O7S. The second-order valence-electron chi connectivity index (χ2n) is 13.2. The lowest BCUT2D eigenvalue weighted by atomic mass is 9.96. The lowest BCUT2D eigenvalue weighted by molar-refractivity contribution is -0.0123. The maximum Gasteiger partial charge on any atom is 0.317 e. The van der Waals surface area contributed by atoms with E-state index in [1.54, 1.807) is 35.9 Å². The molecule has 1 fully saturated rings. The molecule has 3 amide bonds. The number of anilines is 1. The van der Waals surface area contributed by atoms with Gasteiger partial charge in [-0.05, 0) is 88.4 Å². The van der Waals surface area contributed by atoms with E-state index in [-0.39, 0.29) is 59.5 Å². The number of amides is 3. The third-order valence-corrected chi connectivity index (χ3v) is 10.8. The lowest BCUT2D eigenvalue weighted by Gasteiger charge is -2.36. The summed E-state index contributed by atoms with van der Waals surface area (Å²) in [6, 6.07) is 9.91. The highest BCUT2D eigenvalue weighted by molar-refractivity contribution is 7.92. The molecule has 1 saturated carbocycles. The van der Waals surface area contributed by atoms with Crippen molar-refractivity contribution in [2.24, 2.45) is 5.92 Å². The number of aliphatic hydroxyl groups is 1. The first-order valence-electron chi connectivity index (χ1n) is 17.0. The summed E-state index contributed by atoms with van der Waals surface area (Å²) in [6.07, 6.45) is 7.14. The zero-order valence-electron chi connectivity index (χ0n) is 28.5. The van der Waals surface area contributed by atoms with Crippen molar-refractivity contribution >= 4 is 39.2 Å². The molecule has 11 nitrogen and oxygen atoms in total. The quantitative estimate of drug-likeness (QED) is 0.310. The molecule has 48 heavy (non-hydrogen) atoms. The monoisotopic (exact) mass is 706 g/mol. The average Bonchev–Trinajstić information content (AvgIpc) is 3.06. The van der Waals surface area contributed by atoms with Gasteiger partial charge in [0.05, 0.1) is 35.3 Å². The molecule has 0 unspecified atom stereocenters. The van der Waals surface area contributed by atoms with Gasteiger partial charge in [-0.1, -0.05) is 37.8 Å². The largest absolute Gasteiger partial charge is 0.490 e. The Kier molecular flexibility index (Phi) is 13.8. The second kappa shape index (κ2) is 17.6. The first kappa shape index (κ1) is 37.8. The van der Waals surface area contributed by atoms with Crippen LogP contribution in [0.15, 0.2) is 47.4 Å². The van der Waals surface area contributed by atoms with Gasteiger partial charge in [-0.25, -0.2) is 13.2 Å². The Morgan fingerprint density at radius 2 is 1.75 bits per heavy atom. The summed E-state index contributed by atoms with van der Waals surface area (Å²) >= 11 is 5.95. The van der Waals surface area contributed by atoms with Gasteiger partial charge in [0.2, 0.25) is 0 Å². The highest BCUT2D eigenvalue weighted by atomic mass is 35.5. The molecular weight excluding hydrogens is 656 g/mol. The number of urea groups is 1. The third-order valence-electron chi connectivity index (χ3n) is 9.16. The summed E-state index contributed by atoms with van der Waals surface area (Å²) in [5.74, 6) is -0.309. The fourth-order valence-corrected chi connectivity index (χ4v) is 7.34. The van der Waals surface area contributed by atoms with E-state index in [2.05, 4.69) is 10.0 Å². The molecule has 1 aliphatic carbocycles. The number of likely N-dealkylation sites (N-methyl/N-ethyl adjacent to an activating group) is 1. The molecule has 0 spiro atoms. The summed E-state index contributed by atoms with van der Waals surface area (Å²) in [6.45, 7) is 6.42. The molecule has 0 radical (unpaired) electrons. The zero-order valence-corrected chi connectivity index (χ0v) is 30.1. The minimum atomic E-state index is -3.98. The number of fused-ring (bicyclic) bond motifs is 1. The minimum Gasteiger partial charge on any atom is -0.490 e. The van der Waals surface area contributed by atoms with E-state index in [4.69, 9.17) is 21.1 Å². The van der Waals surface area contributed by atoms with Gasteiger partial charge in [0.1, 0.15) is 5.75 Å². The van der Waals surface area contributed by atoms with E-state index in [9.17, 15) is 23.1 Å². The van der Waals surface area contributed by atoms with E-state index in [1.807, 2.05) is 13.8 Å². The van der Waals surface area contributed by atoms with Gasteiger partial charge in [0, 0.05) is 49.4 Å². The van der Waals surface area contributed by atoms with E-state index >= 15 is 0 Å². The highest BCUT2D eigenvalue weighted by Gasteiger charge is 2.31. The number of carbonyl (C=O) groups excluding carboxylic acids is 2. The van der Waals surface area contributed by atoms with Crippen LogP contribution in [0.1, 0.15) is 82.5 Å². The Labute approximate surface area is 290 Å². The van der Waals surface area contributed by atoms with E-state index in [0.29, 0.717) is 30.3 Å². The number of rotatable bonds is 8. The molecule has 0 bridgehead atoms. The Morgan fingerprint density at radius 1 is 1.06 bits per heavy atom. The first-order chi connectivity index (χ1) is 22.9. The van der Waals surface area contributed by atoms with Crippen LogP contribution in [0.4, 0.5) is 10.5 Å². The molecule has 4 rings (SSSR count). The molecule has 2 aromatic carbocycles. The Bertz CT molecular complexity index is 1470. The molecule has 1 heterocycles. The van der Waals surface area contributed by atoms with Crippen molar-refractivity contribution in [2.45, 2.75) is 101 Å². The van der Waals surface area contributed by atoms with Gasteiger partial charge in [0.15, 0.2) is 0 Å². The summed E-state index contributed by atoms with van der Waals surface area (Å²) in [7, 11) is -2.22. The number of carbonyl (C=O) groups is 2. The van der Waals surface area contributed by atoms with Crippen LogP contribution in [-0.2, 0) is 14.8 Å². The van der Waals surface area contributed by atoms with Crippen molar-refractivity contribution in [2.75, 3.05) is 38.1 Å². The van der Waals surface area contributed by atoms with Crippen molar-refractivity contribution in [1.82, 2.24) is 15.1 Å².